The van der Waals surface area contributed by atoms with E-state index in [9.17, 15) is 8.42 Å². The van der Waals surface area contributed by atoms with Crippen molar-refractivity contribution in [2.24, 2.45) is 0 Å². The summed E-state index contributed by atoms with van der Waals surface area (Å²) in [5.41, 5.74) is 0.844. The van der Waals surface area contributed by atoms with E-state index in [0.29, 0.717) is 29.4 Å². The van der Waals surface area contributed by atoms with E-state index in [0.717, 1.165) is 0 Å². The van der Waals surface area contributed by atoms with Gasteiger partial charge in [-0.25, -0.2) is 8.42 Å². The second kappa shape index (κ2) is 6.27. The second-order valence-corrected chi connectivity index (χ2v) is 6.26. The Kier molecular flexibility index (Phi) is 4.60. The lowest BCUT2D eigenvalue weighted by Crippen LogP contribution is -2.13. The standard InChI is InChI=1S/C14H19N3O4S/c1-5-17-9-14(10(2)15-17)22(18,19)16-11-6-7-12(20-3)13(8-11)21-4/h6-9,16H,5H2,1-4H3. The SMILES string of the molecule is CCn1cc(S(=O)(=O)Nc2ccc(OC)c(OC)c2)c(C)n1. The van der Waals surface area contributed by atoms with Gasteiger partial charge in [-0.1, -0.05) is 0 Å². The number of anilines is 1. The van der Waals surface area contributed by atoms with E-state index in [1.807, 2.05) is 6.92 Å². The molecule has 1 N–H and O–H groups in total. The predicted octanol–water partition coefficient (Wildman–Crippen LogP) is 2.03. The highest BCUT2D eigenvalue weighted by Crippen LogP contribution is 2.30. The maximum atomic E-state index is 12.5. The maximum Gasteiger partial charge on any atom is 0.265 e. The van der Waals surface area contributed by atoms with E-state index < -0.39 is 10.0 Å². The molecule has 22 heavy (non-hydrogen) atoms. The Morgan fingerprint density at radius 1 is 1.23 bits per heavy atom. The van der Waals surface area contributed by atoms with Gasteiger partial charge >= 0.3 is 0 Å². The van der Waals surface area contributed by atoms with Gasteiger partial charge in [-0.15, -0.1) is 0 Å². The molecule has 1 aromatic carbocycles. The van der Waals surface area contributed by atoms with Gasteiger partial charge in [-0.2, -0.15) is 5.10 Å². The van der Waals surface area contributed by atoms with Gasteiger partial charge in [-0.05, 0) is 26.0 Å². The molecule has 120 valence electrons. The molecule has 0 spiro atoms. The van der Waals surface area contributed by atoms with Gasteiger partial charge in [0.25, 0.3) is 10.0 Å². The summed E-state index contributed by atoms with van der Waals surface area (Å²) in [5, 5.41) is 4.15. The van der Waals surface area contributed by atoms with Crippen LogP contribution in [0.15, 0.2) is 29.3 Å². The summed E-state index contributed by atoms with van der Waals surface area (Å²) in [6.07, 6.45) is 1.51. The Hall–Kier alpha value is -2.22. The molecular formula is C14H19N3O4S. The molecule has 0 bridgehead atoms. The Morgan fingerprint density at radius 3 is 2.45 bits per heavy atom. The van der Waals surface area contributed by atoms with E-state index in [2.05, 4.69) is 9.82 Å². The van der Waals surface area contributed by atoms with Gasteiger partial charge in [0, 0.05) is 18.8 Å². The molecule has 0 saturated heterocycles. The minimum Gasteiger partial charge on any atom is -0.493 e. The van der Waals surface area contributed by atoms with E-state index >= 15 is 0 Å². The predicted molar refractivity (Wildman–Crippen MR) is 83.0 cm³/mol. The van der Waals surface area contributed by atoms with Gasteiger partial charge in [0.1, 0.15) is 4.90 Å². The van der Waals surface area contributed by atoms with Crippen LogP contribution in [0.4, 0.5) is 5.69 Å². The number of sulfonamides is 1. The van der Waals surface area contributed by atoms with Crippen molar-refractivity contribution < 1.29 is 17.9 Å². The number of benzene rings is 1. The average molecular weight is 325 g/mol. The number of nitrogens with one attached hydrogen (secondary N) is 1. The summed E-state index contributed by atoms with van der Waals surface area (Å²) in [5.74, 6) is 0.976. The van der Waals surface area contributed by atoms with Crippen molar-refractivity contribution >= 4 is 15.7 Å². The molecule has 0 aliphatic rings. The van der Waals surface area contributed by atoms with Crippen molar-refractivity contribution in [1.82, 2.24) is 9.78 Å². The Labute approximate surface area is 129 Å². The van der Waals surface area contributed by atoms with Gasteiger partial charge in [0.15, 0.2) is 11.5 Å². The summed E-state index contributed by atoms with van der Waals surface area (Å²) < 4.78 is 39.3. The lowest BCUT2D eigenvalue weighted by molar-refractivity contribution is 0.355. The first-order chi connectivity index (χ1) is 10.4. The Bertz CT molecular complexity index is 768. The molecule has 0 atom stereocenters. The highest BCUT2D eigenvalue weighted by Gasteiger charge is 2.20. The lowest BCUT2D eigenvalue weighted by atomic mass is 10.3. The van der Waals surface area contributed by atoms with Crippen molar-refractivity contribution in [2.75, 3.05) is 18.9 Å². The summed E-state index contributed by atoms with van der Waals surface area (Å²) in [7, 11) is -0.698. The molecule has 0 aliphatic heterocycles. The van der Waals surface area contributed by atoms with Crippen LogP contribution < -0.4 is 14.2 Å². The van der Waals surface area contributed by atoms with Crippen molar-refractivity contribution in [1.29, 1.82) is 0 Å². The van der Waals surface area contributed by atoms with E-state index in [4.69, 9.17) is 9.47 Å². The molecule has 0 radical (unpaired) electrons. The largest absolute Gasteiger partial charge is 0.493 e. The Balaban J connectivity index is 2.34. The molecular weight excluding hydrogens is 306 g/mol. The zero-order chi connectivity index (χ0) is 16.3. The topological polar surface area (TPSA) is 82.5 Å². The van der Waals surface area contributed by atoms with Gasteiger partial charge in [0.05, 0.1) is 25.6 Å². The van der Waals surface area contributed by atoms with Crippen molar-refractivity contribution in [3.8, 4) is 11.5 Å². The van der Waals surface area contributed by atoms with Crippen LogP contribution >= 0.6 is 0 Å². The lowest BCUT2D eigenvalue weighted by Gasteiger charge is -2.11. The third-order valence-electron chi connectivity index (χ3n) is 3.15. The quantitative estimate of drug-likeness (QED) is 0.878. The van der Waals surface area contributed by atoms with Crippen molar-refractivity contribution in [3.63, 3.8) is 0 Å². The van der Waals surface area contributed by atoms with Crippen LogP contribution in [0.25, 0.3) is 0 Å². The molecule has 2 aromatic rings. The van der Waals surface area contributed by atoms with Crippen LogP contribution in [0.3, 0.4) is 0 Å². The zero-order valence-electron chi connectivity index (χ0n) is 13.0. The number of methoxy groups -OCH3 is 2. The van der Waals surface area contributed by atoms with Crippen LogP contribution in [-0.4, -0.2) is 32.4 Å². The summed E-state index contributed by atoms with van der Waals surface area (Å²) >= 11 is 0. The first kappa shape index (κ1) is 16.2. The number of hydrogen-bond acceptors (Lipinski definition) is 5. The van der Waals surface area contributed by atoms with Crippen LogP contribution in [0.2, 0.25) is 0 Å². The number of ether oxygens (including phenoxy) is 2. The number of aromatic nitrogens is 2. The maximum absolute atomic E-state index is 12.5. The normalized spacial score (nSPS) is 11.3. The van der Waals surface area contributed by atoms with Crippen molar-refractivity contribution in [3.05, 3.63) is 30.1 Å². The molecule has 2 rings (SSSR count). The van der Waals surface area contributed by atoms with Crippen LogP contribution in [0.1, 0.15) is 12.6 Å². The van der Waals surface area contributed by atoms with Gasteiger partial charge in [0.2, 0.25) is 0 Å². The van der Waals surface area contributed by atoms with E-state index in [1.54, 1.807) is 29.8 Å². The monoisotopic (exact) mass is 325 g/mol. The van der Waals surface area contributed by atoms with Gasteiger partial charge < -0.3 is 9.47 Å². The molecule has 1 heterocycles. The molecule has 0 unspecified atom stereocenters. The average Bonchev–Trinajstić information content (AvgIpc) is 2.88. The van der Waals surface area contributed by atoms with Crippen LogP contribution in [0, 0.1) is 6.92 Å². The third kappa shape index (κ3) is 3.16. The summed E-state index contributed by atoms with van der Waals surface area (Å²) in [6, 6.07) is 4.81. The smallest absolute Gasteiger partial charge is 0.265 e. The minimum atomic E-state index is -3.71. The zero-order valence-corrected chi connectivity index (χ0v) is 13.8. The first-order valence-electron chi connectivity index (χ1n) is 6.70. The van der Waals surface area contributed by atoms with E-state index in [-0.39, 0.29) is 4.90 Å². The van der Waals surface area contributed by atoms with Crippen molar-refractivity contribution in [2.45, 2.75) is 25.3 Å². The summed E-state index contributed by atoms with van der Waals surface area (Å²) in [4.78, 5) is 0.157. The molecule has 0 aliphatic carbocycles. The third-order valence-corrected chi connectivity index (χ3v) is 4.63. The fourth-order valence-corrected chi connectivity index (χ4v) is 3.27. The Morgan fingerprint density at radius 2 is 1.91 bits per heavy atom. The number of hydrogen-bond donors (Lipinski definition) is 1. The fraction of sp³-hybridized carbons (Fsp3) is 0.357. The first-order valence-corrected chi connectivity index (χ1v) is 8.18. The number of aryl methyl sites for hydroxylation is 2. The van der Waals surface area contributed by atoms with Crippen LogP contribution in [-0.2, 0) is 16.6 Å². The highest BCUT2D eigenvalue weighted by molar-refractivity contribution is 7.92. The van der Waals surface area contributed by atoms with E-state index in [1.165, 1.54) is 20.4 Å². The molecule has 0 fully saturated rings. The molecule has 0 saturated carbocycles. The summed E-state index contributed by atoms with van der Waals surface area (Å²) in [6.45, 7) is 4.16. The van der Waals surface area contributed by atoms with Gasteiger partial charge in [-0.3, -0.25) is 9.40 Å². The molecule has 7 nitrogen and oxygen atoms in total. The highest BCUT2D eigenvalue weighted by atomic mass is 32.2. The minimum absolute atomic E-state index is 0.157. The second-order valence-electron chi connectivity index (χ2n) is 4.61. The molecule has 0 amide bonds. The fourth-order valence-electron chi connectivity index (χ4n) is 2.04. The molecule has 8 heteroatoms. The number of rotatable bonds is 6. The number of nitrogens with zero attached hydrogens (tertiary/aromatic N) is 2. The molecule has 1 aromatic heterocycles. The van der Waals surface area contributed by atoms with Crippen LogP contribution in [0.5, 0.6) is 11.5 Å².